The van der Waals surface area contributed by atoms with Gasteiger partial charge in [-0.05, 0) is 59.0 Å². The van der Waals surface area contributed by atoms with Gasteiger partial charge in [0.15, 0.2) is 0 Å². The number of carbonyl (C=O) groups excluding carboxylic acids is 1. The lowest BCUT2D eigenvalue weighted by atomic mass is 10.3. The van der Waals surface area contributed by atoms with Crippen molar-refractivity contribution in [1.82, 2.24) is 0 Å². The smallest absolute Gasteiger partial charge is 0.243 e. The quantitative estimate of drug-likeness (QED) is 0.786. The summed E-state index contributed by atoms with van der Waals surface area (Å²) in [5.74, 6) is -1.89. The molecule has 6 heteroatoms. The number of halogens is 3. The van der Waals surface area contributed by atoms with Crippen molar-refractivity contribution >= 4 is 39.9 Å². The van der Waals surface area contributed by atoms with Gasteiger partial charge in [0.25, 0.3) is 0 Å². The Kier molecular flexibility index (Phi) is 4.89. The van der Waals surface area contributed by atoms with Gasteiger partial charge in [0, 0.05) is 15.3 Å². The van der Waals surface area contributed by atoms with Gasteiger partial charge in [0.05, 0.1) is 12.2 Å². The predicted octanol–water partition coefficient (Wildman–Crippen LogP) is 3.62. The number of rotatable bonds is 4. The standard InChI is InChI=1S/C14H11F2IN2O/c15-9-1-6-13(12(16)7-9)19-14(20)8-18-11-4-2-10(17)3-5-11/h1-7,18H,8H2,(H,19,20). The fourth-order valence-electron chi connectivity index (χ4n) is 1.54. The molecule has 0 fully saturated rings. The lowest BCUT2D eigenvalue weighted by Crippen LogP contribution is -2.22. The number of hydrogen-bond acceptors (Lipinski definition) is 2. The summed E-state index contributed by atoms with van der Waals surface area (Å²) in [6.07, 6.45) is 0. The van der Waals surface area contributed by atoms with E-state index in [1.165, 1.54) is 6.07 Å². The zero-order valence-electron chi connectivity index (χ0n) is 10.3. The Balaban J connectivity index is 1.90. The topological polar surface area (TPSA) is 41.1 Å². The van der Waals surface area contributed by atoms with E-state index in [1.54, 1.807) is 0 Å². The highest BCUT2D eigenvalue weighted by atomic mass is 127. The van der Waals surface area contributed by atoms with Crippen LogP contribution in [0.3, 0.4) is 0 Å². The van der Waals surface area contributed by atoms with Gasteiger partial charge in [-0.15, -0.1) is 0 Å². The van der Waals surface area contributed by atoms with Crippen LogP contribution < -0.4 is 10.6 Å². The van der Waals surface area contributed by atoms with E-state index in [9.17, 15) is 13.6 Å². The van der Waals surface area contributed by atoms with Crippen molar-refractivity contribution in [1.29, 1.82) is 0 Å². The van der Waals surface area contributed by atoms with Crippen LogP contribution in [-0.2, 0) is 4.79 Å². The van der Waals surface area contributed by atoms with Gasteiger partial charge >= 0.3 is 0 Å². The summed E-state index contributed by atoms with van der Waals surface area (Å²) in [7, 11) is 0. The molecule has 0 aliphatic carbocycles. The van der Waals surface area contributed by atoms with Crippen LogP contribution in [-0.4, -0.2) is 12.5 Å². The van der Waals surface area contributed by atoms with Crippen LogP contribution >= 0.6 is 22.6 Å². The van der Waals surface area contributed by atoms with E-state index in [2.05, 4.69) is 33.2 Å². The van der Waals surface area contributed by atoms with Gasteiger partial charge in [-0.1, -0.05) is 0 Å². The molecule has 0 aliphatic heterocycles. The molecule has 0 saturated heterocycles. The van der Waals surface area contributed by atoms with Crippen molar-refractivity contribution in [2.24, 2.45) is 0 Å². The molecule has 0 atom stereocenters. The Hall–Kier alpha value is -1.70. The average molecular weight is 388 g/mol. The molecule has 20 heavy (non-hydrogen) atoms. The van der Waals surface area contributed by atoms with Crippen LogP contribution in [0.2, 0.25) is 0 Å². The van der Waals surface area contributed by atoms with Gasteiger partial charge in [0.1, 0.15) is 11.6 Å². The molecule has 3 nitrogen and oxygen atoms in total. The lowest BCUT2D eigenvalue weighted by molar-refractivity contribution is -0.114. The Morgan fingerprint density at radius 3 is 2.45 bits per heavy atom. The normalized spacial score (nSPS) is 10.2. The summed E-state index contributed by atoms with van der Waals surface area (Å²) in [5, 5.41) is 5.29. The molecule has 2 aromatic carbocycles. The van der Waals surface area contributed by atoms with Gasteiger partial charge < -0.3 is 10.6 Å². The largest absolute Gasteiger partial charge is 0.376 e. The van der Waals surface area contributed by atoms with Crippen molar-refractivity contribution in [3.8, 4) is 0 Å². The maximum Gasteiger partial charge on any atom is 0.243 e. The van der Waals surface area contributed by atoms with Gasteiger partial charge in [-0.2, -0.15) is 0 Å². The molecule has 1 amide bonds. The summed E-state index contributed by atoms with van der Waals surface area (Å²) < 4.78 is 27.2. The summed E-state index contributed by atoms with van der Waals surface area (Å²) >= 11 is 2.18. The van der Waals surface area contributed by atoms with Crippen LogP contribution in [0.4, 0.5) is 20.2 Å². The highest BCUT2D eigenvalue weighted by molar-refractivity contribution is 14.1. The van der Waals surface area contributed by atoms with Gasteiger partial charge in [-0.25, -0.2) is 8.78 Å². The number of anilines is 2. The van der Waals surface area contributed by atoms with E-state index in [0.29, 0.717) is 0 Å². The van der Waals surface area contributed by atoms with Crippen LogP contribution in [0.1, 0.15) is 0 Å². The average Bonchev–Trinajstić information content (AvgIpc) is 2.41. The Labute approximate surface area is 128 Å². The summed E-state index contributed by atoms with van der Waals surface area (Å²) in [6, 6.07) is 10.5. The third kappa shape index (κ3) is 4.16. The third-order valence-corrected chi connectivity index (χ3v) is 3.22. The lowest BCUT2D eigenvalue weighted by Gasteiger charge is -2.08. The van der Waals surface area contributed by atoms with Crippen molar-refractivity contribution in [3.63, 3.8) is 0 Å². The zero-order valence-corrected chi connectivity index (χ0v) is 12.4. The van der Waals surface area contributed by atoms with E-state index in [1.807, 2.05) is 24.3 Å². The van der Waals surface area contributed by atoms with Gasteiger partial charge in [0.2, 0.25) is 5.91 Å². The van der Waals surface area contributed by atoms with E-state index < -0.39 is 17.5 Å². The van der Waals surface area contributed by atoms with E-state index >= 15 is 0 Å². The summed E-state index contributed by atoms with van der Waals surface area (Å²) in [6.45, 7) is -0.00257. The minimum absolute atomic E-state index is 0.00257. The van der Waals surface area contributed by atoms with Crippen LogP contribution in [0, 0.1) is 15.2 Å². The summed E-state index contributed by atoms with van der Waals surface area (Å²) in [4.78, 5) is 11.7. The molecule has 0 bridgehead atoms. The predicted molar refractivity (Wildman–Crippen MR) is 82.6 cm³/mol. The molecule has 0 saturated carbocycles. The first-order valence-electron chi connectivity index (χ1n) is 5.79. The second-order valence-electron chi connectivity index (χ2n) is 4.03. The SMILES string of the molecule is O=C(CNc1ccc(I)cc1)Nc1ccc(F)cc1F. The zero-order chi connectivity index (χ0) is 14.5. The molecule has 0 aliphatic rings. The van der Waals surface area contributed by atoms with Crippen molar-refractivity contribution < 1.29 is 13.6 Å². The first-order valence-corrected chi connectivity index (χ1v) is 6.87. The second kappa shape index (κ2) is 6.65. The van der Waals surface area contributed by atoms with Crippen LogP contribution in [0.25, 0.3) is 0 Å². The molecule has 2 rings (SSSR count). The molecule has 2 aromatic rings. The van der Waals surface area contributed by atoms with E-state index in [0.717, 1.165) is 21.4 Å². The number of carbonyl (C=O) groups is 1. The molecule has 0 aromatic heterocycles. The summed E-state index contributed by atoms with van der Waals surface area (Å²) in [5.41, 5.74) is 0.751. The molecular weight excluding hydrogens is 377 g/mol. The highest BCUT2D eigenvalue weighted by Gasteiger charge is 2.07. The molecular formula is C14H11F2IN2O. The maximum absolute atomic E-state index is 13.3. The van der Waals surface area contributed by atoms with Crippen molar-refractivity contribution in [2.45, 2.75) is 0 Å². The molecule has 0 heterocycles. The fraction of sp³-hybridized carbons (Fsp3) is 0.0714. The first kappa shape index (κ1) is 14.7. The highest BCUT2D eigenvalue weighted by Crippen LogP contribution is 2.15. The number of nitrogens with one attached hydrogen (secondary N) is 2. The number of hydrogen-bond donors (Lipinski definition) is 2. The second-order valence-corrected chi connectivity index (χ2v) is 5.28. The van der Waals surface area contributed by atoms with Crippen molar-refractivity contribution in [3.05, 3.63) is 57.7 Å². The maximum atomic E-state index is 13.3. The fourth-order valence-corrected chi connectivity index (χ4v) is 1.89. The molecule has 0 unspecified atom stereocenters. The number of benzene rings is 2. The minimum Gasteiger partial charge on any atom is -0.376 e. The van der Waals surface area contributed by atoms with E-state index in [4.69, 9.17) is 0 Å². The monoisotopic (exact) mass is 388 g/mol. The molecule has 0 spiro atoms. The van der Waals surface area contributed by atoms with Crippen molar-refractivity contribution in [2.75, 3.05) is 17.2 Å². The number of amides is 1. The Bertz CT molecular complexity index is 617. The Morgan fingerprint density at radius 1 is 1.10 bits per heavy atom. The van der Waals surface area contributed by atoms with Gasteiger partial charge in [-0.3, -0.25) is 4.79 Å². The minimum atomic E-state index is -0.799. The van der Waals surface area contributed by atoms with Crippen LogP contribution in [0.15, 0.2) is 42.5 Å². The van der Waals surface area contributed by atoms with E-state index in [-0.39, 0.29) is 12.2 Å². The molecule has 104 valence electrons. The first-order chi connectivity index (χ1) is 9.54. The van der Waals surface area contributed by atoms with Crippen LogP contribution in [0.5, 0.6) is 0 Å². The third-order valence-electron chi connectivity index (χ3n) is 2.50. The molecule has 2 N–H and O–H groups in total. The molecule has 0 radical (unpaired) electrons. The Morgan fingerprint density at radius 2 is 1.80 bits per heavy atom.